The zero-order chi connectivity index (χ0) is 16.7. The second kappa shape index (κ2) is 5.76. The highest BCUT2D eigenvalue weighted by Crippen LogP contribution is 2.32. The fourth-order valence-corrected chi connectivity index (χ4v) is 3.04. The summed E-state index contributed by atoms with van der Waals surface area (Å²) in [4.78, 5) is 23.2. The molecule has 1 aliphatic rings. The fraction of sp³-hybridized carbons (Fsp3) is 0.167. The molecule has 3 aromatic rings. The highest BCUT2D eigenvalue weighted by Gasteiger charge is 2.32. The second-order valence-corrected chi connectivity index (χ2v) is 6.12. The molecule has 0 saturated carbocycles. The van der Waals surface area contributed by atoms with Crippen LogP contribution in [0.4, 0.5) is 5.82 Å². The summed E-state index contributed by atoms with van der Waals surface area (Å²) in [6.45, 7) is 2.27. The SMILES string of the molecule is Cc1nc(-c2cccc(Cl)c2)nc2c1CC(=O)N2Cc1ccco1. The predicted molar refractivity (Wildman–Crippen MR) is 90.8 cm³/mol. The van der Waals surface area contributed by atoms with Gasteiger partial charge in [-0.05, 0) is 31.2 Å². The standard InChI is InChI=1S/C18H14ClN3O2/c1-11-15-9-16(23)22(10-14-6-3-7-24-14)18(15)21-17(20-11)12-4-2-5-13(19)8-12/h2-8H,9-10H2,1H3. The normalized spacial score (nSPS) is 13.4. The summed E-state index contributed by atoms with van der Waals surface area (Å²) >= 11 is 6.07. The van der Waals surface area contributed by atoms with Crippen molar-refractivity contribution in [3.8, 4) is 11.4 Å². The van der Waals surface area contributed by atoms with E-state index in [-0.39, 0.29) is 5.91 Å². The molecule has 6 heteroatoms. The van der Waals surface area contributed by atoms with Crippen molar-refractivity contribution in [1.82, 2.24) is 9.97 Å². The molecule has 1 aliphatic heterocycles. The number of fused-ring (bicyclic) bond motifs is 1. The predicted octanol–water partition coefficient (Wildman–Crippen LogP) is 3.79. The number of halogens is 1. The van der Waals surface area contributed by atoms with Gasteiger partial charge in [-0.1, -0.05) is 23.7 Å². The lowest BCUT2D eigenvalue weighted by atomic mass is 10.1. The Balaban J connectivity index is 1.78. The van der Waals surface area contributed by atoms with Crippen LogP contribution in [0.3, 0.4) is 0 Å². The van der Waals surface area contributed by atoms with Crippen molar-refractivity contribution in [1.29, 1.82) is 0 Å². The fourth-order valence-electron chi connectivity index (χ4n) is 2.85. The Kier molecular flexibility index (Phi) is 3.58. The van der Waals surface area contributed by atoms with E-state index >= 15 is 0 Å². The van der Waals surface area contributed by atoms with Crippen LogP contribution in [0.25, 0.3) is 11.4 Å². The Bertz CT molecular complexity index is 922. The van der Waals surface area contributed by atoms with Crippen molar-refractivity contribution in [2.24, 2.45) is 0 Å². The largest absolute Gasteiger partial charge is 0.467 e. The van der Waals surface area contributed by atoms with Crippen LogP contribution in [0.2, 0.25) is 5.02 Å². The smallest absolute Gasteiger partial charge is 0.233 e. The van der Waals surface area contributed by atoms with E-state index in [2.05, 4.69) is 9.97 Å². The molecule has 0 aliphatic carbocycles. The molecule has 0 saturated heterocycles. The van der Waals surface area contributed by atoms with Crippen molar-refractivity contribution in [2.45, 2.75) is 19.9 Å². The molecule has 24 heavy (non-hydrogen) atoms. The minimum absolute atomic E-state index is 0.00189. The van der Waals surface area contributed by atoms with Gasteiger partial charge in [-0.2, -0.15) is 0 Å². The average molecular weight is 340 g/mol. The van der Waals surface area contributed by atoms with Crippen molar-refractivity contribution in [3.63, 3.8) is 0 Å². The molecule has 2 aromatic heterocycles. The van der Waals surface area contributed by atoms with E-state index in [9.17, 15) is 4.79 Å². The summed E-state index contributed by atoms with van der Waals surface area (Å²) < 4.78 is 5.36. The van der Waals surface area contributed by atoms with Gasteiger partial charge in [-0.15, -0.1) is 0 Å². The quantitative estimate of drug-likeness (QED) is 0.728. The van der Waals surface area contributed by atoms with Crippen LogP contribution in [0.15, 0.2) is 47.1 Å². The molecule has 0 fully saturated rings. The molecule has 0 radical (unpaired) electrons. The van der Waals surface area contributed by atoms with Gasteiger partial charge in [0.15, 0.2) is 5.82 Å². The number of amides is 1. The van der Waals surface area contributed by atoms with E-state index in [1.807, 2.05) is 31.2 Å². The molecule has 4 rings (SSSR count). The molecule has 0 unspecified atom stereocenters. The lowest BCUT2D eigenvalue weighted by molar-refractivity contribution is -0.117. The van der Waals surface area contributed by atoms with Crippen LogP contribution in [0.5, 0.6) is 0 Å². The number of aryl methyl sites for hydroxylation is 1. The topological polar surface area (TPSA) is 59.2 Å². The zero-order valence-corrected chi connectivity index (χ0v) is 13.7. The number of rotatable bonds is 3. The monoisotopic (exact) mass is 339 g/mol. The van der Waals surface area contributed by atoms with Gasteiger partial charge in [0.2, 0.25) is 5.91 Å². The lowest BCUT2D eigenvalue weighted by Crippen LogP contribution is -2.26. The molecule has 5 nitrogen and oxygen atoms in total. The van der Waals surface area contributed by atoms with Crippen molar-refractivity contribution in [3.05, 3.63) is 64.7 Å². The first-order valence-electron chi connectivity index (χ1n) is 7.58. The van der Waals surface area contributed by atoms with Crippen molar-refractivity contribution >= 4 is 23.3 Å². The number of carbonyl (C=O) groups is 1. The Morgan fingerprint density at radius 3 is 2.88 bits per heavy atom. The molecule has 0 N–H and O–H groups in total. The average Bonchev–Trinajstić information content (AvgIpc) is 3.17. The number of hydrogen-bond donors (Lipinski definition) is 0. The van der Waals surface area contributed by atoms with E-state index < -0.39 is 0 Å². The summed E-state index contributed by atoms with van der Waals surface area (Å²) in [5, 5.41) is 0.623. The molecule has 0 spiro atoms. The van der Waals surface area contributed by atoms with Crippen LogP contribution in [-0.4, -0.2) is 15.9 Å². The summed E-state index contributed by atoms with van der Waals surface area (Å²) in [6.07, 6.45) is 1.91. The molecule has 0 bridgehead atoms. The first-order valence-corrected chi connectivity index (χ1v) is 7.96. The van der Waals surface area contributed by atoms with Gasteiger partial charge in [-0.25, -0.2) is 9.97 Å². The van der Waals surface area contributed by atoms with Crippen LogP contribution >= 0.6 is 11.6 Å². The van der Waals surface area contributed by atoms with E-state index in [0.29, 0.717) is 29.6 Å². The molecule has 1 amide bonds. The summed E-state index contributed by atoms with van der Waals surface area (Å²) in [5.41, 5.74) is 2.51. The lowest BCUT2D eigenvalue weighted by Gasteiger charge is -2.16. The van der Waals surface area contributed by atoms with Crippen LogP contribution < -0.4 is 4.90 Å². The van der Waals surface area contributed by atoms with Crippen LogP contribution in [0, 0.1) is 6.92 Å². The minimum Gasteiger partial charge on any atom is -0.467 e. The van der Waals surface area contributed by atoms with Gasteiger partial charge in [0.25, 0.3) is 0 Å². The number of carbonyl (C=O) groups excluding carboxylic acids is 1. The summed E-state index contributed by atoms with van der Waals surface area (Å²) in [7, 11) is 0. The number of furan rings is 1. The highest BCUT2D eigenvalue weighted by atomic mass is 35.5. The van der Waals surface area contributed by atoms with Gasteiger partial charge in [0.1, 0.15) is 11.6 Å². The third-order valence-corrected chi connectivity index (χ3v) is 4.29. The van der Waals surface area contributed by atoms with E-state index in [4.69, 9.17) is 16.0 Å². The Morgan fingerprint density at radius 2 is 2.12 bits per heavy atom. The maximum atomic E-state index is 12.4. The van der Waals surface area contributed by atoms with E-state index in [1.165, 1.54) is 0 Å². The van der Waals surface area contributed by atoms with Gasteiger partial charge < -0.3 is 4.42 Å². The third-order valence-electron chi connectivity index (χ3n) is 4.05. The van der Waals surface area contributed by atoms with Gasteiger partial charge in [0.05, 0.1) is 19.2 Å². The zero-order valence-electron chi connectivity index (χ0n) is 13.0. The van der Waals surface area contributed by atoms with Crippen LogP contribution in [0.1, 0.15) is 17.0 Å². The van der Waals surface area contributed by atoms with Gasteiger partial charge >= 0.3 is 0 Å². The van der Waals surface area contributed by atoms with Crippen molar-refractivity contribution in [2.75, 3.05) is 4.90 Å². The maximum Gasteiger partial charge on any atom is 0.233 e. The number of benzene rings is 1. The van der Waals surface area contributed by atoms with Crippen LogP contribution in [-0.2, 0) is 17.8 Å². The number of hydrogen-bond acceptors (Lipinski definition) is 4. The van der Waals surface area contributed by atoms with Gasteiger partial charge in [0, 0.05) is 21.8 Å². The molecular formula is C18H14ClN3O2. The molecular weight excluding hydrogens is 326 g/mol. The number of anilines is 1. The maximum absolute atomic E-state index is 12.4. The highest BCUT2D eigenvalue weighted by molar-refractivity contribution is 6.30. The third kappa shape index (κ3) is 2.57. The Morgan fingerprint density at radius 1 is 1.25 bits per heavy atom. The Hall–Kier alpha value is -2.66. The molecule has 120 valence electrons. The molecule has 3 heterocycles. The number of nitrogens with zero attached hydrogens (tertiary/aromatic N) is 3. The van der Waals surface area contributed by atoms with Gasteiger partial charge in [-0.3, -0.25) is 9.69 Å². The summed E-state index contributed by atoms with van der Waals surface area (Å²) in [5.74, 6) is 1.94. The second-order valence-electron chi connectivity index (χ2n) is 5.68. The van der Waals surface area contributed by atoms with E-state index in [1.54, 1.807) is 23.3 Å². The first kappa shape index (κ1) is 14.9. The van der Waals surface area contributed by atoms with Crippen molar-refractivity contribution < 1.29 is 9.21 Å². The Labute approximate surface area is 143 Å². The number of aromatic nitrogens is 2. The summed E-state index contributed by atoms with van der Waals surface area (Å²) in [6, 6.07) is 11.0. The van der Waals surface area contributed by atoms with E-state index in [0.717, 1.165) is 22.6 Å². The molecule has 0 atom stereocenters. The first-order chi connectivity index (χ1) is 11.6. The minimum atomic E-state index is 0.00189. The molecule has 1 aromatic carbocycles.